The lowest BCUT2D eigenvalue weighted by molar-refractivity contribution is -0.161. The van der Waals surface area contributed by atoms with E-state index < -0.39 is 47.8 Å². The van der Waals surface area contributed by atoms with Crippen LogP contribution in [-0.2, 0) is 17.4 Å². The fraction of sp³-hybridized carbons (Fsp3) is 0.448. The van der Waals surface area contributed by atoms with Gasteiger partial charge in [-0.3, -0.25) is 9.59 Å². The number of aromatic nitrogens is 2. The van der Waals surface area contributed by atoms with Crippen molar-refractivity contribution in [3.63, 3.8) is 0 Å². The zero-order valence-corrected chi connectivity index (χ0v) is 24.3. The van der Waals surface area contributed by atoms with E-state index in [1.165, 1.54) is 6.20 Å². The molecule has 0 bridgehead atoms. The number of carbonyl (C=O) groups is 2. The van der Waals surface area contributed by atoms with Gasteiger partial charge in [-0.25, -0.2) is 13.8 Å². The first-order valence-electron chi connectivity index (χ1n) is 13.9. The number of carbonyl (C=O) groups excluding carboxylic acids is 2. The van der Waals surface area contributed by atoms with Gasteiger partial charge in [-0.2, -0.15) is 18.2 Å². The molecule has 4 heterocycles. The van der Waals surface area contributed by atoms with Crippen LogP contribution in [0.3, 0.4) is 0 Å². The van der Waals surface area contributed by atoms with Crippen LogP contribution in [0.15, 0.2) is 47.0 Å². The molecule has 2 unspecified atom stereocenters. The number of aliphatic hydroxyl groups excluding tert-OH is 1. The minimum absolute atomic E-state index is 0.00910. The quantitative estimate of drug-likeness (QED) is 0.276. The van der Waals surface area contributed by atoms with Crippen molar-refractivity contribution in [3.05, 3.63) is 70.2 Å². The van der Waals surface area contributed by atoms with E-state index in [4.69, 9.17) is 16.0 Å². The van der Waals surface area contributed by atoms with Gasteiger partial charge >= 0.3 is 6.18 Å². The van der Waals surface area contributed by atoms with Gasteiger partial charge in [0.2, 0.25) is 11.5 Å². The van der Waals surface area contributed by atoms with Gasteiger partial charge in [0.25, 0.3) is 17.8 Å². The predicted molar refractivity (Wildman–Crippen MR) is 150 cm³/mol. The number of benzene rings is 1. The summed E-state index contributed by atoms with van der Waals surface area (Å²) in [6.07, 6.45) is -5.75. The molecule has 5 rings (SSSR count). The molecule has 9 nitrogen and oxygen atoms in total. The van der Waals surface area contributed by atoms with E-state index in [2.05, 4.69) is 9.97 Å². The third kappa shape index (κ3) is 6.96. The van der Waals surface area contributed by atoms with Crippen LogP contribution in [0.5, 0.6) is 0 Å². The zero-order valence-electron chi connectivity index (χ0n) is 23.5. The van der Waals surface area contributed by atoms with Gasteiger partial charge in [0.05, 0.1) is 0 Å². The first-order chi connectivity index (χ1) is 20.7. The Hall–Kier alpha value is -3.78. The van der Waals surface area contributed by atoms with Crippen molar-refractivity contribution >= 4 is 35.1 Å². The van der Waals surface area contributed by atoms with Gasteiger partial charge in [-0.05, 0) is 35.7 Å². The summed E-state index contributed by atoms with van der Waals surface area (Å²) in [6, 6.07) is 10.1. The molecular weight excluding hydrogens is 613 g/mol. The molecule has 1 aromatic carbocycles. The lowest BCUT2D eigenvalue weighted by Gasteiger charge is -2.36. The third-order valence-electron chi connectivity index (χ3n) is 7.72. The van der Waals surface area contributed by atoms with Gasteiger partial charge < -0.3 is 24.2 Å². The molecule has 0 saturated carbocycles. The molecule has 3 aromatic rings. The van der Waals surface area contributed by atoms with E-state index in [1.54, 1.807) is 34.1 Å². The smallest absolute Gasteiger partial charge is 0.420 e. The second-order valence-corrected chi connectivity index (χ2v) is 11.4. The molecule has 2 fully saturated rings. The number of ketones is 1. The van der Waals surface area contributed by atoms with Crippen molar-refractivity contribution in [1.29, 1.82) is 0 Å². The van der Waals surface area contributed by atoms with Gasteiger partial charge in [0.1, 0.15) is 5.82 Å². The molecule has 15 heteroatoms. The number of oxazole rings is 1. The highest BCUT2D eigenvalue weighted by Gasteiger charge is 2.43. The number of rotatable bonds is 8. The highest BCUT2D eigenvalue weighted by atomic mass is 35.5. The highest BCUT2D eigenvalue weighted by Crippen LogP contribution is 2.37. The Morgan fingerprint density at radius 3 is 2.41 bits per heavy atom. The van der Waals surface area contributed by atoms with E-state index >= 15 is 0 Å². The van der Waals surface area contributed by atoms with Crippen LogP contribution in [0, 0.1) is 0 Å². The number of Topliss-reactive ketones (excluding diaryl/α,β-unsaturated/α-hetero) is 1. The first-order valence-corrected chi connectivity index (χ1v) is 14.2. The number of alkyl halides is 5. The minimum atomic E-state index is -4.91. The van der Waals surface area contributed by atoms with E-state index in [0.29, 0.717) is 42.8 Å². The average Bonchev–Trinajstić information content (AvgIpc) is 3.65. The average molecular weight is 642 g/mol. The van der Waals surface area contributed by atoms with E-state index in [0.717, 1.165) is 10.5 Å². The molecule has 44 heavy (non-hydrogen) atoms. The molecule has 236 valence electrons. The Kier molecular flexibility index (Phi) is 8.85. The van der Waals surface area contributed by atoms with Crippen LogP contribution < -0.4 is 9.80 Å². The largest absolute Gasteiger partial charge is 0.437 e. The summed E-state index contributed by atoms with van der Waals surface area (Å²) < 4.78 is 73.7. The maximum Gasteiger partial charge on any atom is 0.437 e. The van der Waals surface area contributed by atoms with Crippen LogP contribution in [0.4, 0.5) is 33.8 Å². The van der Waals surface area contributed by atoms with Crippen molar-refractivity contribution in [2.24, 2.45) is 0 Å². The number of pyridine rings is 1. The van der Waals surface area contributed by atoms with Crippen molar-refractivity contribution < 1.29 is 41.1 Å². The Labute approximate surface area is 254 Å². The van der Waals surface area contributed by atoms with Crippen molar-refractivity contribution in [2.45, 2.75) is 43.9 Å². The zero-order chi connectivity index (χ0) is 31.8. The maximum atomic E-state index is 13.9. The molecule has 0 radical (unpaired) electrons. The number of aliphatic hydroxyl groups is 1. The summed E-state index contributed by atoms with van der Waals surface area (Å²) in [6.45, 7) is 1.89. The van der Waals surface area contributed by atoms with Crippen LogP contribution in [0.25, 0.3) is 0 Å². The molecular formula is C29H29ClF5N5O4. The summed E-state index contributed by atoms with van der Waals surface area (Å²) in [5.74, 6) is -5.92. The molecule has 2 aromatic heterocycles. The van der Waals surface area contributed by atoms with E-state index in [-0.39, 0.29) is 38.1 Å². The fourth-order valence-corrected chi connectivity index (χ4v) is 5.51. The Bertz CT molecular complexity index is 1500. The van der Waals surface area contributed by atoms with Gasteiger partial charge in [-0.1, -0.05) is 29.8 Å². The normalized spacial score (nSPS) is 18.5. The van der Waals surface area contributed by atoms with Crippen LogP contribution >= 0.6 is 11.6 Å². The number of halogens is 6. The minimum Gasteiger partial charge on any atom is -0.420 e. The summed E-state index contributed by atoms with van der Waals surface area (Å²) in [5, 5.41) is 10.1. The SMILES string of the molecule is CC(F)(F)C(O)C(=O)N1CCN(c2ccc(CC(=O)c3oc(N4CCC(c5cccc(Cl)c5)C4)nc3C(F)(F)F)cn2)CC1. The number of anilines is 2. The summed E-state index contributed by atoms with van der Waals surface area (Å²) in [5.41, 5.74) is -0.0917. The van der Waals surface area contributed by atoms with E-state index in [1.807, 2.05) is 12.1 Å². The third-order valence-corrected chi connectivity index (χ3v) is 7.95. The molecule has 1 N–H and O–H groups in total. The second-order valence-electron chi connectivity index (χ2n) is 11.0. The molecule has 2 saturated heterocycles. The second kappa shape index (κ2) is 12.3. The summed E-state index contributed by atoms with van der Waals surface area (Å²) >= 11 is 6.08. The first kappa shape index (κ1) is 31.6. The molecule has 0 aliphatic carbocycles. The molecule has 2 aliphatic heterocycles. The Balaban J connectivity index is 1.23. The lowest BCUT2D eigenvalue weighted by atomic mass is 9.99. The number of nitrogens with zero attached hydrogens (tertiary/aromatic N) is 5. The van der Waals surface area contributed by atoms with E-state index in [9.17, 15) is 36.6 Å². The summed E-state index contributed by atoms with van der Waals surface area (Å²) in [7, 11) is 0. The van der Waals surface area contributed by atoms with Crippen LogP contribution in [0.1, 0.15) is 46.6 Å². The highest BCUT2D eigenvalue weighted by molar-refractivity contribution is 6.30. The topological polar surface area (TPSA) is 103 Å². The molecule has 0 spiro atoms. The Morgan fingerprint density at radius 1 is 1.07 bits per heavy atom. The lowest BCUT2D eigenvalue weighted by Crippen LogP contribution is -2.54. The number of hydrogen-bond acceptors (Lipinski definition) is 8. The molecule has 2 atom stereocenters. The number of piperazine rings is 1. The Morgan fingerprint density at radius 2 is 1.80 bits per heavy atom. The van der Waals surface area contributed by atoms with Crippen molar-refractivity contribution in [1.82, 2.24) is 14.9 Å². The maximum absolute atomic E-state index is 13.9. The van der Waals surface area contributed by atoms with Crippen LogP contribution in [0.2, 0.25) is 5.02 Å². The van der Waals surface area contributed by atoms with Gasteiger partial charge in [-0.15, -0.1) is 0 Å². The van der Waals surface area contributed by atoms with Gasteiger partial charge in [0.15, 0.2) is 11.8 Å². The van der Waals surface area contributed by atoms with Crippen molar-refractivity contribution in [2.75, 3.05) is 49.1 Å². The van der Waals surface area contributed by atoms with Crippen LogP contribution in [-0.4, -0.2) is 83.0 Å². The fourth-order valence-electron chi connectivity index (χ4n) is 5.31. The summed E-state index contributed by atoms with van der Waals surface area (Å²) in [4.78, 5) is 37.6. The molecule has 1 amide bonds. The number of amides is 1. The number of hydrogen-bond donors (Lipinski definition) is 1. The monoisotopic (exact) mass is 641 g/mol. The van der Waals surface area contributed by atoms with Crippen molar-refractivity contribution in [3.8, 4) is 0 Å². The van der Waals surface area contributed by atoms with Gasteiger partial charge in [0, 0.05) is 69.8 Å². The molecule has 2 aliphatic rings. The predicted octanol–water partition coefficient (Wildman–Crippen LogP) is 4.83. The standard InChI is InChI=1S/C29H29ClF5N5O4/c1-28(31,32)25(42)26(43)39-11-9-38(10-12-39)22-6-5-17(15-36-22)13-21(41)23-24(29(33,34)35)37-27(44-23)40-8-7-19(16-40)18-3-2-4-20(30)14-18/h2-6,14-15,19,25,42H,7-13,16H2,1H3.